The molecule has 4 rings (SSSR count). The molecule has 0 fully saturated rings. The van der Waals surface area contributed by atoms with E-state index in [1.165, 1.54) is 0 Å². The highest BCUT2D eigenvalue weighted by Gasteiger charge is 2.23. The van der Waals surface area contributed by atoms with Crippen LogP contribution in [0.15, 0.2) is 80.4 Å². The van der Waals surface area contributed by atoms with Gasteiger partial charge in [0.1, 0.15) is 17.9 Å². The molecule has 0 saturated heterocycles. The zero-order valence-corrected chi connectivity index (χ0v) is 19.4. The zero-order valence-electron chi connectivity index (χ0n) is 17.1. The van der Waals surface area contributed by atoms with Crippen molar-refractivity contribution in [3.05, 3.63) is 97.8 Å². The van der Waals surface area contributed by atoms with Crippen LogP contribution in [0, 0.1) is 0 Å². The van der Waals surface area contributed by atoms with Gasteiger partial charge in [0.2, 0.25) is 11.2 Å². The Morgan fingerprint density at radius 1 is 1.06 bits per heavy atom. The molecule has 1 aromatic heterocycles. The van der Waals surface area contributed by atoms with Gasteiger partial charge in [0.05, 0.1) is 17.6 Å². The number of carbonyl (C=O) groups excluding carboxylic acids is 1. The van der Waals surface area contributed by atoms with Gasteiger partial charge in [-0.2, -0.15) is 0 Å². The van der Waals surface area contributed by atoms with E-state index in [1.807, 2.05) is 18.2 Å². The van der Waals surface area contributed by atoms with Crippen LogP contribution in [0.5, 0.6) is 5.75 Å². The van der Waals surface area contributed by atoms with E-state index in [-0.39, 0.29) is 35.5 Å². The molecule has 0 aliphatic carbocycles. The van der Waals surface area contributed by atoms with Gasteiger partial charge in [-0.25, -0.2) is 4.79 Å². The quantitative estimate of drug-likeness (QED) is 0.271. The standard InChI is InChI=1S/C25H18BrClO5/c1-2-30-25(29)24-22(15-7-9-17(26)10-8-15)23(28)19-12-11-18(13-21(19)32-24)31-14-16-5-3-4-6-20(16)27/h3-13H,2,14H2,1H3. The molecule has 7 heteroatoms. The molecule has 0 bridgehead atoms. The zero-order chi connectivity index (χ0) is 22.7. The lowest BCUT2D eigenvalue weighted by Crippen LogP contribution is -2.15. The molecule has 3 aromatic carbocycles. The Morgan fingerprint density at radius 2 is 1.81 bits per heavy atom. The van der Waals surface area contributed by atoms with E-state index in [2.05, 4.69) is 15.9 Å². The minimum absolute atomic E-state index is 0.144. The molecule has 0 N–H and O–H groups in total. The number of ether oxygens (including phenoxy) is 2. The lowest BCUT2D eigenvalue weighted by Gasteiger charge is -2.11. The van der Waals surface area contributed by atoms with Crippen LogP contribution < -0.4 is 10.2 Å². The molecule has 32 heavy (non-hydrogen) atoms. The van der Waals surface area contributed by atoms with Crippen molar-refractivity contribution in [1.82, 2.24) is 0 Å². The fourth-order valence-corrected chi connectivity index (χ4v) is 3.71. The number of esters is 1. The SMILES string of the molecule is CCOC(=O)c1oc2cc(OCc3ccccc3Cl)ccc2c(=O)c1-c1ccc(Br)cc1. The van der Waals surface area contributed by atoms with Crippen LogP contribution in [-0.2, 0) is 11.3 Å². The molecule has 0 saturated carbocycles. The van der Waals surface area contributed by atoms with Crippen LogP contribution in [0.2, 0.25) is 5.02 Å². The van der Waals surface area contributed by atoms with Gasteiger partial charge in [-0.3, -0.25) is 4.79 Å². The summed E-state index contributed by atoms with van der Waals surface area (Å²) in [5, 5.41) is 0.935. The molecule has 4 aromatic rings. The van der Waals surface area contributed by atoms with Crippen molar-refractivity contribution in [2.45, 2.75) is 13.5 Å². The van der Waals surface area contributed by atoms with Crippen molar-refractivity contribution in [2.75, 3.05) is 6.61 Å². The number of halogens is 2. The van der Waals surface area contributed by atoms with Gasteiger partial charge < -0.3 is 13.9 Å². The van der Waals surface area contributed by atoms with Crippen molar-refractivity contribution in [2.24, 2.45) is 0 Å². The maximum atomic E-state index is 13.3. The topological polar surface area (TPSA) is 65.7 Å². The van der Waals surface area contributed by atoms with Crippen molar-refractivity contribution >= 4 is 44.5 Å². The first-order chi connectivity index (χ1) is 15.5. The first-order valence-electron chi connectivity index (χ1n) is 9.88. The molecule has 1 heterocycles. The Hall–Kier alpha value is -3.09. The van der Waals surface area contributed by atoms with Crippen LogP contribution in [0.25, 0.3) is 22.1 Å². The molecule has 0 aliphatic rings. The maximum Gasteiger partial charge on any atom is 0.375 e. The molecule has 0 aliphatic heterocycles. The average Bonchev–Trinajstić information content (AvgIpc) is 2.79. The highest BCUT2D eigenvalue weighted by atomic mass is 79.9. The third-order valence-electron chi connectivity index (χ3n) is 4.81. The van der Waals surface area contributed by atoms with E-state index in [4.69, 9.17) is 25.5 Å². The number of fused-ring (bicyclic) bond motifs is 1. The predicted octanol–water partition coefficient (Wildman–Crippen LogP) is 6.63. The van der Waals surface area contributed by atoms with E-state index in [9.17, 15) is 9.59 Å². The molecular weight excluding hydrogens is 496 g/mol. The Bertz CT molecular complexity index is 1350. The van der Waals surface area contributed by atoms with Crippen molar-refractivity contribution in [3.63, 3.8) is 0 Å². The smallest absolute Gasteiger partial charge is 0.375 e. The van der Waals surface area contributed by atoms with Crippen molar-refractivity contribution in [1.29, 1.82) is 0 Å². The van der Waals surface area contributed by atoms with E-state index in [0.717, 1.165) is 10.0 Å². The Kier molecular flexibility index (Phi) is 6.63. The van der Waals surface area contributed by atoms with E-state index < -0.39 is 5.97 Å². The highest BCUT2D eigenvalue weighted by Crippen LogP contribution is 2.29. The summed E-state index contributed by atoms with van der Waals surface area (Å²) in [5.41, 5.74) is 1.46. The van der Waals surface area contributed by atoms with E-state index in [0.29, 0.717) is 21.7 Å². The van der Waals surface area contributed by atoms with Gasteiger partial charge >= 0.3 is 5.97 Å². The average molecular weight is 514 g/mol. The molecular formula is C25H18BrClO5. The lowest BCUT2D eigenvalue weighted by atomic mass is 10.0. The maximum absolute atomic E-state index is 13.3. The first kappa shape index (κ1) is 22.1. The summed E-state index contributed by atoms with van der Waals surface area (Å²) >= 11 is 9.56. The third kappa shape index (κ3) is 4.56. The van der Waals surface area contributed by atoms with Crippen LogP contribution in [0.1, 0.15) is 23.0 Å². The fourth-order valence-electron chi connectivity index (χ4n) is 3.26. The lowest BCUT2D eigenvalue weighted by molar-refractivity contribution is 0.0492. The molecule has 5 nitrogen and oxygen atoms in total. The summed E-state index contributed by atoms with van der Waals surface area (Å²) in [5.74, 6) is -0.367. The van der Waals surface area contributed by atoms with E-state index >= 15 is 0 Å². The molecule has 0 unspecified atom stereocenters. The third-order valence-corrected chi connectivity index (χ3v) is 5.71. The van der Waals surface area contributed by atoms with Crippen molar-refractivity contribution < 1.29 is 18.7 Å². The number of hydrogen-bond acceptors (Lipinski definition) is 5. The minimum atomic E-state index is -0.702. The summed E-state index contributed by atoms with van der Waals surface area (Å²) in [4.78, 5) is 26.0. The molecule has 0 radical (unpaired) electrons. The molecule has 0 atom stereocenters. The first-order valence-corrected chi connectivity index (χ1v) is 11.0. The van der Waals surface area contributed by atoms with Crippen LogP contribution in [0.4, 0.5) is 0 Å². The monoisotopic (exact) mass is 512 g/mol. The normalized spacial score (nSPS) is 10.8. The fraction of sp³-hybridized carbons (Fsp3) is 0.120. The second-order valence-electron chi connectivity index (χ2n) is 6.90. The van der Waals surface area contributed by atoms with Gasteiger partial charge in [0.25, 0.3) is 0 Å². The summed E-state index contributed by atoms with van der Waals surface area (Å²) in [6.45, 7) is 2.09. The minimum Gasteiger partial charge on any atom is -0.489 e. The van der Waals surface area contributed by atoms with Crippen LogP contribution in [-0.4, -0.2) is 12.6 Å². The number of carbonyl (C=O) groups is 1. The number of benzene rings is 3. The van der Waals surface area contributed by atoms with Gasteiger partial charge in [-0.15, -0.1) is 0 Å². The predicted molar refractivity (Wildman–Crippen MR) is 127 cm³/mol. The number of rotatable bonds is 6. The summed E-state index contributed by atoms with van der Waals surface area (Å²) < 4.78 is 17.7. The van der Waals surface area contributed by atoms with Gasteiger partial charge in [-0.1, -0.05) is 57.9 Å². The summed E-state index contributed by atoms with van der Waals surface area (Å²) in [6.07, 6.45) is 0. The molecule has 162 valence electrons. The highest BCUT2D eigenvalue weighted by molar-refractivity contribution is 9.10. The molecule has 0 spiro atoms. The largest absolute Gasteiger partial charge is 0.489 e. The van der Waals surface area contributed by atoms with Crippen LogP contribution in [0.3, 0.4) is 0 Å². The summed E-state index contributed by atoms with van der Waals surface area (Å²) in [7, 11) is 0. The van der Waals surface area contributed by atoms with Gasteiger partial charge in [0, 0.05) is 21.1 Å². The second kappa shape index (κ2) is 9.59. The second-order valence-corrected chi connectivity index (χ2v) is 8.22. The summed E-state index contributed by atoms with van der Waals surface area (Å²) in [6, 6.07) is 19.3. The van der Waals surface area contributed by atoms with Crippen molar-refractivity contribution in [3.8, 4) is 16.9 Å². The Morgan fingerprint density at radius 3 is 2.53 bits per heavy atom. The number of hydrogen-bond donors (Lipinski definition) is 0. The van der Waals surface area contributed by atoms with Gasteiger partial charge in [0.15, 0.2) is 0 Å². The Balaban J connectivity index is 1.78. The van der Waals surface area contributed by atoms with Gasteiger partial charge in [-0.05, 0) is 42.8 Å². The molecule has 0 amide bonds. The Labute approximate surface area is 197 Å². The van der Waals surface area contributed by atoms with Crippen LogP contribution >= 0.6 is 27.5 Å². The van der Waals surface area contributed by atoms with E-state index in [1.54, 1.807) is 55.5 Å².